The quantitative estimate of drug-likeness (QED) is 0.835. The van der Waals surface area contributed by atoms with Crippen molar-refractivity contribution in [2.75, 3.05) is 20.0 Å². The smallest absolute Gasteiger partial charge is 0.231 e. The van der Waals surface area contributed by atoms with Crippen molar-refractivity contribution in [1.82, 2.24) is 4.90 Å². The van der Waals surface area contributed by atoms with Crippen LogP contribution in [0.15, 0.2) is 59.1 Å². The van der Waals surface area contributed by atoms with Crippen LogP contribution in [0.3, 0.4) is 0 Å². The van der Waals surface area contributed by atoms with E-state index in [0.29, 0.717) is 27.7 Å². The molecule has 2 aliphatic rings. The third-order valence-corrected chi connectivity index (χ3v) is 6.60. The number of ether oxygens (including phenoxy) is 2. The number of aliphatic hydroxyl groups is 1. The van der Waals surface area contributed by atoms with E-state index in [-0.39, 0.29) is 18.1 Å². The number of hydrogen-bond acceptors (Lipinski definition) is 6. The monoisotopic (exact) mass is 408 g/mol. The number of methoxy groups -OCH3 is 2. The molecule has 2 atom stereocenters. The lowest BCUT2D eigenvalue weighted by atomic mass is 9.85. The molecule has 0 bridgehead atoms. The Labute approximate surface area is 173 Å². The molecule has 0 radical (unpaired) electrons. The number of amides is 1. The van der Waals surface area contributed by atoms with Gasteiger partial charge in [-0.2, -0.15) is 5.26 Å². The number of rotatable bonds is 4. The Hall–Kier alpha value is -2.95. The van der Waals surface area contributed by atoms with Gasteiger partial charge in [-0.05, 0) is 18.2 Å². The maximum absolute atomic E-state index is 13.2. The van der Waals surface area contributed by atoms with Crippen LogP contribution in [0.4, 0.5) is 0 Å². The first-order chi connectivity index (χ1) is 14.0. The summed E-state index contributed by atoms with van der Waals surface area (Å²) >= 11 is 1.33. The van der Waals surface area contributed by atoms with Crippen LogP contribution >= 0.6 is 11.8 Å². The summed E-state index contributed by atoms with van der Waals surface area (Å²) in [6.45, 7) is 0. The molecule has 0 aromatic heterocycles. The summed E-state index contributed by atoms with van der Waals surface area (Å²) in [5.74, 6) is 0.932. The molecule has 0 aliphatic carbocycles. The minimum Gasteiger partial charge on any atom is -0.497 e. The van der Waals surface area contributed by atoms with E-state index >= 15 is 0 Å². The van der Waals surface area contributed by atoms with Crippen molar-refractivity contribution in [3.05, 3.63) is 70.3 Å². The predicted octanol–water partition coefficient (Wildman–Crippen LogP) is 3.35. The molecular formula is C22H20N2O4S. The molecule has 2 aromatic carbocycles. The summed E-state index contributed by atoms with van der Waals surface area (Å²) in [7, 11) is 3.14. The molecule has 2 aromatic rings. The highest BCUT2D eigenvalue weighted by Gasteiger charge is 2.52. The second-order valence-electron chi connectivity index (χ2n) is 6.89. The molecule has 0 spiro atoms. The van der Waals surface area contributed by atoms with Crippen LogP contribution in [-0.4, -0.2) is 35.9 Å². The number of carbonyl (C=O) groups is 1. The number of allylic oxidation sites excluding steroid dienone is 1. The number of nitriles is 1. The van der Waals surface area contributed by atoms with Gasteiger partial charge in [0, 0.05) is 23.5 Å². The minimum absolute atomic E-state index is 0.0891. The van der Waals surface area contributed by atoms with Crippen molar-refractivity contribution in [1.29, 1.82) is 5.26 Å². The number of fused-ring (bicyclic) bond motifs is 1. The highest BCUT2D eigenvalue weighted by molar-refractivity contribution is 8.03. The van der Waals surface area contributed by atoms with Gasteiger partial charge >= 0.3 is 0 Å². The molecule has 6 nitrogen and oxygen atoms in total. The summed E-state index contributed by atoms with van der Waals surface area (Å²) in [5.41, 5.74) is 0.357. The molecule has 2 heterocycles. The molecule has 148 valence electrons. The number of para-hydroxylation sites is 1. The first-order valence-electron chi connectivity index (χ1n) is 9.13. The second-order valence-corrected chi connectivity index (χ2v) is 7.86. The first-order valence-corrected chi connectivity index (χ1v) is 10.1. The molecule has 29 heavy (non-hydrogen) atoms. The highest BCUT2D eigenvalue weighted by atomic mass is 32.2. The topological polar surface area (TPSA) is 82.8 Å². The van der Waals surface area contributed by atoms with Crippen LogP contribution < -0.4 is 9.47 Å². The van der Waals surface area contributed by atoms with E-state index in [1.165, 1.54) is 16.7 Å². The Morgan fingerprint density at radius 2 is 1.90 bits per heavy atom. The van der Waals surface area contributed by atoms with Gasteiger partial charge in [0.2, 0.25) is 5.91 Å². The second kappa shape index (κ2) is 7.47. The molecule has 1 fully saturated rings. The molecular weight excluding hydrogens is 388 g/mol. The van der Waals surface area contributed by atoms with Crippen LogP contribution in [-0.2, 0) is 10.5 Å². The average Bonchev–Trinajstić information content (AvgIpc) is 3.12. The maximum atomic E-state index is 13.2. The molecule has 1 saturated heterocycles. The van der Waals surface area contributed by atoms with E-state index in [1.807, 2.05) is 24.3 Å². The third-order valence-electron chi connectivity index (χ3n) is 5.38. The number of hydrogen-bond donors (Lipinski definition) is 1. The summed E-state index contributed by atoms with van der Waals surface area (Å²) in [6.07, 6.45) is 0.0891. The van der Waals surface area contributed by atoms with Gasteiger partial charge in [0.15, 0.2) is 5.72 Å². The summed E-state index contributed by atoms with van der Waals surface area (Å²) < 4.78 is 10.6. The standard InChI is InChI=1S/C22H20N2O4S/c1-27-15-9-7-14(8-10-15)22(26)13-29-21-18(12-23)17(11-20(25)24(21)22)16-5-3-4-6-19(16)28-2/h3-10,17,26H,11,13H2,1-2H3/t17-,22-/m1/s1. The van der Waals surface area contributed by atoms with Crippen LogP contribution in [0, 0.1) is 11.3 Å². The lowest BCUT2D eigenvalue weighted by Crippen LogP contribution is -2.48. The van der Waals surface area contributed by atoms with E-state index in [0.717, 1.165) is 5.56 Å². The predicted molar refractivity (Wildman–Crippen MR) is 109 cm³/mol. The Morgan fingerprint density at radius 1 is 1.17 bits per heavy atom. The molecule has 7 heteroatoms. The molecule has 0 unspecified atom stereocenters. The van der Waals surface area contributed by atoms with E-state index in [1.54, 1.807) is 38.5 Å². The zero-order valence-corrected chi connectivity index (χ0v) is 16.9. The zero-order valence-electron chi connectivity index (χ0n) is 16.1. The van der Waals surface area contributed by atoms with E-state index in [2.05, 4.69) is 6.07 Å². The first kappa shape index (κ1) is 19.4. The van der Waals surface area contributed by atoms with Crippen molar-refractivity contribution in [3.63, 3.8) is 0 Å². The van der Waals surface area contributed by atoms with Gasteiger partial charge in [-0.15, -0.1) is 11.8 Å². The van der Waals surface area contributed by atoms with Gasteiger partial charge in [-0.1, -0.05) is 30.3 Å². The van der Waals surface area contributed by atoms with Crippen molar-refractivity contribution in [2.45, 2.75) is 18.1 Å². The van der Waals surface area contributed by atoms with Crippen molar-refractivity contribution in [3.8, 4) is 17.6 Å². The van der Waals surface area contributed by atoms with Crippen LogP contribution in [0.5, 0.6) is 11.5 Å². The molecule has 1 amide bonds. The fraction of sp³-hybridized carbons (Fsp3) is 0.273. The Morgan fingerprint density at radius 3 is 2.55 bits per heavy atom. The zero-order chi connectivity index (χ0) is 20.6. The van der Waals surface area contributed by atoms with Crippen LogP contribution in [0.1, 0.15) is 23.5 Å². The summed E-state index contributed by atoms with van der Waals surface area (Å²) in [6, 6.07) is 16.7. The molecule has 2 aliphatic heterocycles. The largest absolute Gasteiger partial charge is 0.497 e. The molecule has 0 saturated carbocycles. The van der Waals surface area contributed by atoms with Crippen LogP contribution in [0.25, 0.3) is 0 Å². The molecule has 1 N–H and O–H groups in total. The number of benzene rings is 2. The summed E-state index contributed by atoms with van der Waals surface area (Å²) in [5, 5.41) is 21.9. The van der Waals surface area contributed by atoms with Gasteiger partial charge in [0.05, 0.1) is 36.6 Å². The van der Waals surface area contributed by atoms with Crippen molar-refractivity contribution < 1.29 is 19.4 Å². The maximum Gasteiger partial charge on any atom is 0.231 e. The minimum atomic E-state index is -1.50. The van der Waals surface area contributed by atoms with Gasteiger partial charge in [0.1, 0.15) is 11.5 Å². The fourth-order valence-electron chi connectivity index (χ4n) is 3.92. The lowest BCUT2D eigenvalue weighted by Gasteiger charge is -2.38. The number of nitrogens with zero attached hydrogens (tertiary/aromatic N) is 2. The van der Waals surface area contributed by atoms with Gasteiger partial charge < -0.3 is 14.6 Å². The van der Waals surface area contributed by atoms with Crippen LogP contribution in [0.2, 0.25) is 0 Å². The Kier molecular flexibility index (Phi) is 4.99. The summed E-state index contributed by atoms with van der Waals surface area (Å²) in [4.78, 5) is 14.6. The Balaban J connectivity index is 1.80. The number of thioether (sulfide) groups is 1. The average molecular weight is 408 g/mol. The van der Waals surface area contributed by atoms with Gasteiger partial charge in [0.25, 0.3) is 0 Å². The highest BCUT2D eigenvalue weighted by Crippen LogP contribution is 2.52. The molecule has 4 rings (SSSR count). The van der Waals surface area contributed by atoms with E-state index in [9.17, 15) is 15.2 Å². The fourth-order valence-corrected chi connectivity index (χ4v) is 5.28. The van der Waals surface area contributed by atoms with E-state index in [4.69, 9.17) is 9.47 Å². The van der Waals surface area contributed by atoms with E-state index < -0.39 is 11.6 Å². The number of carbonyl (C=O) groups excluding carboxylic acids is 1. The van der Waals surface area contributed by atoms with Gasteiger partial charge in [-0.25, -0.2) is 0 Å². The van der Waals surface area contributed by atoms with Gasteiger partial charge in [-0.3, -0.25) is 9.69 Å². The third kappa shape index (κ3) is 3.05. The normalized spacial score (nSPS) is 23.6. The Bertz CT molecular complexity index is 1030. The SMILES string of the molecule is COc1ccc([C@]2(O)CSC3=C(C#N)[C@@H](c4ccccc4OC)CC(=O)N32)cc1. The lowest BCUT2D eigenvalue weighted by molar-refractivity contribution is -0.149. The van der Waals surface area contributed by atoms with Crippen molar-refractivity contribution >= 4 is 17.7 Å². The van der Waals surface area contributed by atoms with Crippen molar-refractivity contribution in [2.24, 2.45) is 0 Å².